The van der Waals surface area contributed by atoms with Crippen molar-refractivity contribution in [2.45, 2.75) is 27.3 Å². The quantitative estimate of drug-likeness (QED) is 0.641. The molecule has 0 amide bonds. The van der Waals surface area contributed by atoms with E-state index in [0.717, 1.165) is 17.0 Å². The molecule has 0 saturated heterocycles. The van der Waals surface area contributed by atoms with Crippen molar-refractivity contribution in [1.82, 2.24) is 4.57 Å². The van der Waals surface area contributed by atoms with Gasteiger partial charge in [0, 0.05) is 11.9 Å². The van der Waals surface area contributed by atoms with Gasteiger partial charge in [0.25, 0.3) is 0 Å². The van der Waals surface area contributed by atoms with Gasteiger partial charge in [0.15, 0.2) is 4.80 Å². The number of hydrogen-bond donors (Lipinski definition) is 0. The van der Waals surface area contributed by atoms with Gasteiger partial charge in [-0.3, -0.25) is 0 Å². The molecule has 1 heterocycles. The Bertz CT molecular complexity index is 838. The van der Waals surface area contributed by atoms with E-state index < -0.39 is 0 Å². The summed E-state index contributed by atoms with van der Waals surface area (Å²) in [6.07, 6.45) is 0. The first-order valence-electron chi connectivity index (χ1n) is 7.54. The fraction of sp³-hybridized carbons (Fsp3) is 0.211. The van der Waals surface area contributed by atoms with Gasteiger partial charge in [0.1, 0.15) is 0 Å². The fourth-order valence-electron chi connectivity index (χ4n) is 2.47. The molecule has 0 spiro atoms. The van der Waals surface area contributed by atoms with E-state index in [0.29, 0.717) is 0 Å². The number of hydrogen-bond acceptors (Lipinski definition) is 2. The molecule has 2 nitrogen and oxygen atoms in total. The van der Waals surface area contributed by atoms with Gasteiger partial charge in [0.2, 0.25) is 0 Å². The Balaban J connectivity index is 2.12. The lowest BCUT2D eigenvalue weighted by molar-refractivity contribution is 0.744. The van der Waals surface area contributed by atoms with Crippen molar-refractivity contribution in [3.8, 4) is 11.3 Å². The monoisotopic (exact) mass is 308 g/mol. The van der Waals surface area contributed by atoms with Crippen LogP contribution in [0.5, 0.6) is 0 Å². The van der Waals surface area contributed by atoms with E-state index >= 15 is 0 Å². The lowest BCUT2D eigenvalue weighted by atomic mass is 10.1. The predicted octanol–water partition coefficient (Wildman–Crippen LogP) is 5.09. The van der Waals surface area contributed by atoms with Crippen molar-refractivity contribution >= 4 is 17.0 Å². The molecular weight excluding hydrogens is 288 g/mol. The maximum Gasteiger partial charge on any atom is 0.190 e. The molecule has 0 unspecified atom stereocenters. The van der Waals surface area contributed by atoms with Crippen molar-refractivity contribution in [2.24, 2.45) is 4.99 Å². The Morgan fingerprint density at radius 1 is 1.00 bits per heavy atom. The molecule has 0 aliphatic carbocycles. The summed E-state index contributed by atoms with van der Waals surface area (Å²) >= 11 is 1.70. The van der Waals surface area contributed by atoms with Gasteiger partial charge in [-0.2, -0.15) is 0 Å². The largest absolute Gasteiger partial charge is 0.317 e. The third kappa shape index (κ3) is 2.90. The number of benzene rings is 2. The lowest BCUT2D eigenvalue weighted by Crippen LogP contribution is -2.14. The molecule has 3 heteroatoms. The van der Waals surface area contributed by atoms with Crippen molar-refractivity contribution < 1.29 is 0 Å². The summed E-state index contributed by atoms with van der Waals surface area (Å²) in [5.74, 6) is 0. The van der Waals surface area contributed by atoms with E-state index in [1.165, 1.54) is 22.4 Å². The lowest BCUT2D eigenvalue weighted by Gasteiger charge is -2.07. The van der Waals surface area contributed by atoms with Gasteiger partial charge in [-0.05, 0) is 38.0 Å². The van der Waals surface area contributed by atoms with E-state index in [-0.39, 0.29) is 0 Å². The molecule has 0 aliphatic heterocycles. The average molecular weight is 308 g/mol. The zero-order chi connectivity index (χ0) is 15.5. The Morgan fingerprint density at radius 3 is 2.41 bits per heavy atom. The summed E-state index contributed by atoms with van der Waals surface area (Å²) in [4.78, 5) is 5.91. The molecular formula is C19H20N2S. The van der Waals surface area contributed by atoms with Crippen LogP contribution in [0.2, 0.25) is 0 Å². The molecule has 0 saturated carbocycles. The normalized spacial score (nSPS) is 11.9. The second-order valence-corrected chi connectivity index (χ2v) is 6.25. The highest BCUT2D eigenvalue weighted by atomic mass is 32.1. The molecule has 0 radical (unpaired) electrons. The summed E-state index contributed by atoms with van der Waals surface area (Å²) in [5, 5.41) is 2.20. The molecule has 0 aliphatic rings. The highest BCUT2D eigenvalue weighted by molar-refractivity contribution is 7.07. The van der Waals surface area contributed by atoms with Crippen LogP contribution < -0.4 is 4.80 Å². The van der Waals surface area contributed by atoms with Crippen LogP contribution in [0, 0.1) is 13.8 Å². The first-order valence-corrected chi connectivity index (χ1v) is 8.42. The van der Waals surface area contributed by atoms with Crippen LogP contribution in [0.1, 0.15) is 18.1 Å². The van der Waals surface area contributed by atoms with Gasteiger partial charge in [-0.25, -0.2) is 4.99 Å². The van der Waals surface area contributed by atoms with E-state index in [4.69, 9.17) is 4.99 Å². The molecule has 0 bridgehead atoms. The average Bonchev–Trinajstić information content (AvgIpc) is 2.93. The smallest absolute Gasteiger partial charge is 0.190 e. The zero-order valence-corrected chi connectivity index (χ0v) is 14.0. The zero-order valence-electron chi connectivity index (χ0n) is 13.2. The van der Waals surface area contributed by atoms with Gasteiger partial charge in [0.05, 0.1) is 11.4 Å². The maximum atomic E-state index is 4.86. The minimum atomic E-state index is 0.914. The molecule has 0 N–H and O–H groups in total. The van der Waals surface area contributed by atoms with Crippen molar-refractivity contribution in [1.29, 1.82) is 0 Å². The SMILES string of the molecule is CCn1c(-c2ccc(C)cc2)csc1=Nc1ccccc1C. The van der Waals surface area contributed by atoms with Crippen LogP contribution in [-0.4, -0.2) is 4.57 Å². The molecule has 3 rings (SSSR count). The van der Waals surface area contributed by atoms with E-state index in [1.54, 1.807) is 11.3 Å². The summed E-state index contributed by atoms with van der Waals surface area (Å²) in [6.45, 7) is 7.30. The van der Waals surface area contributed by atoms with Gasteiger partial charge in [-0.15, -0.1) is 11.3 Å². The minimum absolute atomic E-state index is 0.914. The van der Waals surface area contributed by atoms with E-state index in [9.17, 15) is 0 Å². The second kappa shape index (κ2) is 6.32. The number of aryl methyl sites for hydroxylation is 2. The summed E-state index contributed by atoms with van der Waals surface area (Å²) < 4.78 is 2.28. The number of thiazole rings is 1. The molecule has 0 fully saturated rings. The Kier molecular flexibility index (Phi) is 4.25. The fourth-order valence-corrected chi connectivity index (χ4v) is 3.46. The van der Waals surface area contributed by atoms with Crippen molar-refractivity contribution in [3.05, 3.63) is 69.8 Å². The number of rotatable bonds is 3. The number of nitrogens with zero attached hydrogens (tertiary/aromatic N) is 2. The first-order chi connectivity index (χ1) is 10.7. The molecule has 22 heavy (non-hydrogen) atoms. The van der Waals surface area contributed by atoms with Crippen LogP contribution in [0.15, 0.2) is 58.9 Å². The van der Waals surface area contributed by atoms with Crippen molar-refractivity contribution in [3.63, 3.8) is 0 Å². The summed E-state index contributed by atoms with van der Waals surface area (Å²) in [6, 6.07) is 16.9. The van der Waals surface area contributed by atoms with Crippen LogP contribution in [0.3, 0.4) is 0 Å². The first kappa shape index (κ1) is 14.8. The third-order valence-electron chi connectivity index (χ3n) is 3.79. The molecule has 3 aromatic rings. The van der Waals surface area contributed by atoms with Gasteiger partial charge >= 0.3 is 0 Å². The number of aromatic nitrogens is 1. The van der Waals surface area contributed by atoms with Gasteiger partial charge < -0.3 is 4.57 Å². The second-order valence-electron chi connectivity index (χ2n) is 5.41. The summed E-state index contributed by atoms with van der Waals surface area (Å²) in [5.41, 5.74) is 6.01. The summed E-state index contributed by atoms with van der Waals surface area (Å²) in [7, 11) is 0. The maximum absolute atomic E-state index is 4.86. The third-order valence-corrected chi connectivity index (χ3v) is 4.66. The molecule has 1 aromatic heterocycles. The Labute approximate surface area is 135 Å². The van der Waals surface area contributed by atoms with E-state index in [2.05, 4.69) is 67.1 Å². The molecule has 112 valence electrons. The van der Waals surface area contributed by atoms with Crippen LogP contribution in [-0.2, 0) is 6.54 Å². The topological polar surface area (TPSA) is 17.3 Å². The standard InChI is InChI=1S/C19H20N2S/c1-4-21-18(16-11-9-14(2)10-12-16)13-22-19(21)20-17-8-6-5-7-15(17)3/h5-13H,4H2,1-3H3. The molecule has 2 aromatic carbocycles. The van der Waals surface area contributed by atoms with Crippen molar-refractivity contribution in [2.75, 3.05) is 0 Å². The van der Waals surface area contributed by atoms with Gasteiger partial charge in [-0.1, -0.05) is 48.0 Å². The minimum Gasteiger partial charge on any atom is -0.317 e. The highest BCUT2D eigenvalue weighted by Crippen LogP contribution is 2.22. The Morgan fingerprint density at radius 2 is 1.73 bits per heavy atom. The Hall–Kier alpha value is -2.13. The van der Waals surface area contributed by atoms with Crippen LogP contribution in [0.4, 0.5) is 5.69 Å². The highest BCUT2D eigenvalue weighted by Gasteiger charge is 2.07. The number of para-hydroxylation sites is 1. The predicted molar refractivity (Wildman–Crippen MR) is 94.6 cm³/mol. The molecule has 0 atom stereocenters. The van der Waals surface area contributed by atoms with Crippen LogP contribution in [0.25, 0.3) is 11.3 Å². The van der Waals surface area contributed by atoms with E-state index in [1.807, 2.05) is 12.1 Å². The van der Waals surface area contributed by atoms with Crippen LogP contribution >= 0.6 is 11.3 Å².